The van der Waals surface area contributed by atoms with Crippen LogP contribution in [0.5, 0.6) is 11.5 Å². The molecule has 1 amide bonds. The molecule has 0 fully saturated rings. The summed E-state index contributed by atoms with van der Waals surface area (Å²) in [7, 11) is 0.835. The SMILES string of the molecule is COc1ccc(CN(C)C(=O)c2ccc(OC)c(S(=O)(=O)NC(C)C)c2)cc1. The van der Waals surface area contributed by atoms with Crippen molar-refractivity contribution in [2.75, 3.05) is 21.3 Å². The number of nitrogens with zero attached hydrogens (tertiary/aromatic N) is 1. The maximum atomic E-state index is 12.8. The van der Waals surface area contributed by atoms with Gasteiger partial charge in [0.05, 0.1) is 14.2 Å². The lowest BCUT2D eigenvalue weighted by Crippen LogP contribution is -2.31. The highest BCUT2D eigenvalue weighted by molar-refractivity contribution is 7.89. The summed E-state index contributed by atoms with van der Waals surface area (Å²) in [5, 5.41) is 0. The first-order valence-corrected chi connectivity index (χ1v) is 10.2. The lowest BCUT2D eigenvalue weighted by molar-refractivity contribution is 0.0785. The molecule has 0 spiro atoms. The maximum Gasteiger partial charge on any atom is 0.253 e. The van der Waals surface area contributed by atoms with Crippen molar-refractivity contribution in [3.63, 3.8) is 0 Å². The highest BCUT2D eigenvalue weighted by Crippen LogP contribution is 2.26. The van der Waals surface area contributed by atoms with Crippen molar-refractivity contribution >= 4 is 15.9 Å². The number of sulfonamides is 1. The van der Waals surface area contributed by atoms with Crippen molar-refractivity contribution in [3.8, 4) is 11.5 Å². The molecular formula is C20H26N2O5S. The van der Waals surface area contributed by atoms with Crippen molar-refractivity contribution in [1.29, 1.82) is 0 Å². The van der Waals surface area contributed by atoms with Crippen molar-refractivity contribution in [3.05, 3.63) is 53.6 Å². The molecule has 0 unspecified atom stereocenters. The van der Waals surface area contributed by atoms with Gasteiger partial charge in [-0.1, -0.05) is 12.1 Å². The van der Waals surface area contributed by atoms with Gasteiger partial charge in [-0.2, -0.15) is 0 Å². The Morgan fingerprint density at radius 2 is 1.71 bits per heavy atom. The smallest absolute Gasteiger partial charge is 0.253 e. The second-order valence-corrected chi connectivity index (χ2v) is 8.33. The first-order valence-electron chi connectivity index (χ1n) is 8.76. The van der Waals surface area contributed by atoms with Crippen LogP contribution in [-0.2, 0) is 16.6 Å². The molecule has 1 N–H and O–H groups in total. The molecule has 0 saturated carbocycles. The number of hydrogen-bond acceptors (Lipinski definition) is 5. The normalized spacial score (nSPS) is 11.4. The molecule has 8 heteroatoms. The second kappa shape index (κ2) is 9.07. The molecule has 2 rings (SSSR count). The number of carbonyl (C=O) groups excluding carboxylic acids is 1. The minimum Gasteiger partial charge on any atom is -0.497 e. The summed E-state index contributed by atoms with van der Waals surface area (Å²) >= 11 is 0. The van der Waals surface area contributed by atoms with E-state index in [1.54, 1.807) is 34.1 Å². The quantitative estimate of drug-likeness (QED) is 0.729. The van der Waals surface area contributed by atoms with Gasteiger partial charge in [0.25, 0.3) is 5.91 Å². The van der Waals surface area contributed by atoms with Gasteiger partial charge in [-0.3, -0.25) is 4.79 Å². The number of amides is 1. The number of carbonyl (C=O) groups is 1. The van der Waals surface area contributed by atoms with Gasteiger partial charge >= 0.3 is 0 Å². The van der Waals surface area contributed by atoms with Crippen LogP contribution in [0, 0.1) is 0 Å². The van der Waals surface area contributed by atoms with Crippen LogP contribution in [0.1, 0.15) is 29.8 Å². The molecule has 152 valence electrons. The molecule has 0 bridgehead atoms. The van der Waals surface area contributed by atoms with Crippen molar-refractivity contribution < 1.29 is 22.7 Å². The molecule has 0 aliphatic heterocycles. The lowest BCUT2D eigenvalue weighted by Gasteiger charge is -2.19. The number of ether oxygens (including phenoxy) is 2. The van der Waals surface area contributed by atoms with Gasteiger partial charge < -0.3 is 14.4 Å². The number of nitrogens with one attached hydrogen (secondary N) is 1. The molecule has 0 atom stereocenters. The summed E-state index contributed by atoms with van der Waals surface area (Å²) < 4.78 is 38.0. The first kappa shape index (κ1) is 21.7. The third-order valence-electron chi connectivity index (χ3n) is 4.02. The fourth-order valence-corrected chi connectivity index (χ4v) is 4.14. The zero-order valence-corrected chi connectivity index (χ0v) is 17.5. The predicted octanol–water partition coefficient (Wildman–Crippen LogP) is 2.66. The molecule has 0 saturated heterocycles. The van der Waals surface area contributed by atoms with E-state index < -0.39 is 10.0 Å². The molecule has 0 heterocycles. The third kappa shape index (κ3) is 5.24. The van der Waals surface area contributed by atoms with Gasteiger partial charge in [-0.05, 0) is 49.7 Å². The number of benzene rings is 2. The Balaban J connectivity index is 2.28. The largest absolute Gasteiger partial charge is 0.497 e. The van der Waals surface area contributed by atoms with E-state index in [-0.39, 0.29) is 28.2 Å². The molecule has 2 aromatic rings. The van der Waals surface area contributed by atoms with Crippen LogP contribution < -0.4 is 14.2 Å². The van der Waals surface area contributed by atoms with E-state index in [0.29, 0.717) is 6.54 Å². The molecular weight excluding hydrogens is 380 g/mol. The van der Waals surface area contributed by atoms with E-state index >= 15 is 0 Å². The number of methoxy groups -OCH3 is 2. The topological polar surface area (TPSA) is 84.9 Å². The molecule has 0 aliphatic rings. The lowest BCUT2D eigenvalue weighted by atomic mass is 10.1. The average Bonchev–Trinajstić information content (AvgIpc) is 2.66. The van der Waals surface area contributed by atoms with Crippen molar-refractivity contribution in [1.82, 2.24) is 9.62 Å². The Labute approximate surface area is 166 Å². The summed E-state index contributed by atoms with van der Waals surface area (Å²) in [5.74, 6) is 0.627. The Hall–Kier alpha value is -2.58. The highest BCUT2D eigenvalue weighted by atomic mass is 32.2. The summed E-state index contributed by atoms with van der Waals surface area (Å²) in [6.45, 7) is 3.82. The van der Waals surface area contributed by atoms with Crippen molar-refractivity contribution in [2.45, 2.75) is 31.3 Å². The van der Waals surface area contributed by atoms with Gasteiger partial charge in [-0.15, -0.1) is 0 Å². The fraction of sp³-hybridized carbons (Fsp3) is 0.350. The molecule has 28 heavy (non-hydrogen) atoms. The maximum absolute atomic E-state index is 12.8. The van der Waals surface area contributed by atoms with Crippen LogP contribution in [0.3, 0.4) is 0 Å². The van der Waals surface area contributed by atoms with E-state index in [4.69, 9.17) is 9.47 Å². The second-order valence-electron chi connectivity index (χ2n) is 6.65. The van der Waals surface area contributed by atoms with E-state index in [2.05, 4.69) is 4.72 Å². The summed E-state index contributed by atoms with van der Waals surface area (Å²) in [6, 6.07) is 11.5. The summed E-state index contributed by atoms with van der Waals surface area (Å²) in [5.41, 5.74) is 1.19. The zero-order valence-electron chi connectivity index (χ0n) is 16.7. The fourth-order valence-electron chi connectivity index (χ4n) is 2.69. The van der Waals surface area contributed by atoms with Gasteiger partial charge in [0.15, 0.2) is 0 Å². The summed E-state index contributed by atoms with van der Waals surface area (Å²) in [4.78, 5) is 14.3. The molecule has 7 nitrogen and oxygen atoms in total. The van der Waals surface area contributed by atoms with Gasteiger partial charge in [0.1, 0.15) is 16.4 Å². The molecule has 0 aromatic heterocycles. The van der Waals surface area contributed by atoms with Crippen LogP contribution >= 0.6 is 0 Å². The van der Waals surface area contributed by atoms with Gasteiger partial charge in [-0.25, -0.2) is 13.1 Å². The molecule has 0 aliphatic carbocycles. The van der Waals surface area contributed by atoms with Crippen LogP contribution in [0.4, 0.5) is 0 Å². The minimum atomic E-state index is -3.81. The minimum absolute atomic E-state index is 0.0626. The van der Waals surface area contributed by atoms with Crippen LogP contribution in [0.25, 0.3) is 0 Å². The van der Waals surface area contributed by atoms with Crippen LogP contribution in [-0.4, -0.2) is 46.5 Å². The van der Waals surface area contributed by atoms with E-state index in [1.807, 2.05) is 24.3 Å². The predicted molar refractivity (Wildman–Crippen MR) is 107 cm³/mol. The van der Waals surface area contributed by atoms with Gasteiger partial charge in [0.2, 0.25) is 10.0 Å². The monoisotopic (exact) mass is 406 g/mol. The zero-order chi connectivity index (χ0) is 20.9. The van der Waals surface area contributed by atoms with E-state index in [9.17, 15) is 13.2 Å². The van der Waals surface area contributed by atoms with Crippen LogP contribution in [0.2, 0.25) is 0 Å². The Kier molecular flexibility index (Phi) is 7.04. The number of rotatable bonds is 8. The standard InChI is InChI=1S/C20H26N2O5S/c1-14(2)21-28(24,25)19-12-16(8-11-18(19)27-5)20(23)22(3)13-15-6-9-17(26-4)10-7-15/h6-12,14,21H,13H2,1-5H3. The van der Waals surface area contributed by atoms with Gasteiger partial charge in [0, 0.05) is 25.2 Å². The third-order valence-corrected chi connectivity index (χ3v) is 5.70. The Morgan fingerprint density at radius 1 is 1.07 bits per heavy atom. The van der Waals surface area contributed by atoms with E-state index in [0.717, 1.165) is 11.3 Å². The first-order chi connectivity index (χ1) is 13.2. The van der Waals surface area contributed by atoms with Crippen LogP contribution in [0.15, 0.2) is 47.4 Å². The average molecular weight is 407 g/mol. The molecule has 0 radical (unpaired) electrons. The Bertz CT molecular complexity index is 924. The highest BCUT2D eigenvalue weighted by Gasteiger charge is 2.23. The summed E-state index contributed by atoms with van der Waals surface area (Å²) in [6.07, 6.45) is 0. The van der Waals surface area contributed by atoms with Crippen molar-refractivity contribution in [2.24, 2.45) is 0 Å². The number of hydrogen-bond donors (Lipinski definition) is 1. The van der Waals surface area contributed by atoms with E-state index in [1.165, 1.54) is 24.1 Å². The Morgan fingerprint density at radius 3 is 2.25 bits per heavy atom. The molecule has 2 aromatic carbocycles.